The summed E-state index contributed by atoms with van der Waals surface area (Å²) in [6.07, 6.45) is 1.35. The van der Waals surface area contributed by atoms with Crippen LogP contribution in [0.15, 0.2) is 28.7 Å². The van der Waals surface area contributed by atoms with E-state index in [-0.39, 0.29) is 18.6 Å². The van der Waals surface area contributed by atoms with Crippen LogP contribution in [0.1, 0.15) is 24.3 Å². The predicted octanol–water partition coefficient (Wildman–Crippen LogP) is 1.84. The molecule has 1 N–H and O–H groups in total. The lowest BCUT2D eigenvalue weighted by Crippen LogP contribution is -2.33. The highest BCUT2D eigenvalue weighted by Crippen LogP contribution is 2.21. The van der Waals surface area contributed by atoms with Crippen molar-refractivity contribution in [2.24, 2.45) is 0 Å². The summed E-state index contributed by atoms with van der Waals surface area (Å²) in [7, 11) is 0. The highest BCUT2D eigenvalue weighted by atomic mass is 16.5. The Balaban J connectivity index is 1.63. The molecule has 6 nitrogen and oxygen atoms in total. The number of hydrogen-bond donors (Lipinski definition) is 1. The lowest BCUT2D eigenvalue weighted by Gasteiger charge is -2.08. The van der Waals surface area contributed by atoms with Gasteiger partial charge in [0.05, 0.1) is 6.54 Å². The van der Waals surface area contributed by atoms with Gasteiger partial charge in [-0.1, -0.05) is 18.2 Å². The summed E-state index contributed by atoms with van der Waals surface area (Å²) in [4.78, 5) is 11.8. The lowest BCUT2D eigenvalue weighted by molar-refractivity contribution is -0.130. The van der Waals surface area contributed by atoms with Crippen LogP contribution in [0.2, 0.25) is 0 Å². The van der Waals surface area contributed by atoms with E-state index in [0.29, 0.717) is 18.4 Å². The Labute approximate surface area is 122 Å². The average Bonchev–Trinajstić information content (AvgIpc) is 3.17. The molecule has 0 radical (unpaired) electrons. The molecule has 0 spiro atoms. The van der Waals surface area contributed by atoms with Crippen molar-refractivity contribution in [3.63, 3.8) is 0 Å². The molecule has 1 fully saturated rings. The fourth-order valence-corrected chi connectivity index (χ4v) is 2.31. The van der Waals surface area contributed by atoms with Gasteiger partial charge in [0.1, 0.15) is 6.10 Å². The van der Waals surface area contributed by atoms with E-state index in [4.69, 9.17) is 9.15 Å². The average molecular weight is 287 g/mol. The number of nitrogens with zero attached hydrogens (tertiary/aromatic N) is 2. The number of aryl methyl sites for hydroxylation is 1. The van der Waals surface area contributed by atoms with E-state index in [1.165, 1.54) is 0 Å². The van der Waals surface area contributed by atoms with Gasteiger partial charge in [-0.05, 0) is 31.4 Å². The van der Waals surface area contributed by atoms with Gasteiger partial charge in [0.25, 0.3) is 0 Å². The molecule has 1 aliphatic heterocycles. The third kappa shape index (κ3) is 3.11. The maximum absolute atomic E-state index is 11.8. The Morgan fingerprint density at radius 2 is 2.24 bits per heavy atom. The molecule has 0 bridgehead atoms. The maximum Gasteiger partial charge on any atom is 0.249 e. The zero-order valence-corrected chi connectivity index (χ0v) is 11.8. The van der Waals surface area contributed by atoms with Crippen molar-refractivity contribution in [3.05, 3.63) is 35.7 Å². The highest BCUT2D eigenvalue weighted by Gasteiger charge is 2.23. The molecule has 2 heterocycles. The maximum atomic E-state index is 11.8. The molecule has 21 heavy (non-hydrogen) atoms. The van der Waals surface area contributed by atoms with Crippen molar-refractivity contribution >= 4 is 5.91 Å². The van der Waals surface area contributed by atoms with Gasteiger partial charge in [0, 0.05) is 12.2 Å². The molecule has 1 aromatic carbocycles. The van der Waals surface area contributed by atoms with Crippen LogP contribution in [0.5, 0.6) is 0 Å². The SMILES string of the molecule is Cc1ccccc1-c1nnc(CNC(=O)C2CCCO2)o1. The second-order valence-corrected chi connectivity index (χ2v) is 5.04. The Hall–Kier alpha value is -2.21. The molecule has 0 aliphatic carbocycles. The summed E-state index contributed by atoms with van der Waals surface area (Å²) in [5.41, 5.74) is 1.97. The van der Waals surface area contributed by atoms with Gasteiger partial charge in [-0.3, -0.25) is 4.79 Å². The predicted molar refractivity (Wildman–Crippen MR) is 75.3 cm³/mol. The first-order valence-electron chi connectivity index (χ1n) is 7.02. The zero-order chi connectivity index (χ0) is 14.7. The molecular formula is C15H17N3O3. The number of benzene rings is 1. The van der Waals surface area contributed by atoms with Crippen molar-refractivity contribution in [2.75, 3.05) is 6.61 Å². The molecule has 3 rings (SSSR count). The number of amides is 1. The van der Waals surface area contributed by atoms with Gasteiger partial charge in [0.2, 0.25) is 17.7 Å². The van der Waals surface area contributed by atoms with E-state index in [9.17, 15) is 4.79 Å². The van der Waals surface area contributed by atoms with E-state index in [2.05, 4.69) is 15.5 Å². The van der Waals surface area contributed by atoms with Crippen molar-refractivity contribution in [3.8, 4) is 11.5 Å². The van der Waals surface area contributed by atoms with Gasteiger partial charge in [-0.25, -0.2) is 0 Å². The smallest absolute Gasteiger partial charge is 0.249 e. The van der Waals surface area contributed by atoms with E-state index >= 15 is 0 Å². The molecule has 1 unspecified atom stereocenters. The first-order chi connectivity index (χ1) is 10.2. The summed E-state index contributed by atoms with van der Waals surface area (Å²) in [6.45, 7) is 2.85. The van der Waals surface area contributed by atoms with Crippen LogP contribution in [0.4, 0.5) is 0 Å². The number of ether oxygens (including phenoxy) is 1. The molecule has 1 aromatic heterocycles. The van der Waals surface area contributed by atoms with Gasteiger partial charge < -0.3 is 14.5 Å². The molecule has 1 amide bonds. The van der Waals surface area contributed by atoms with Gasteiger partial charge >= 0.3 is 0 Å². The van der Waals surface area contributed by atoms with Crippen molar-refractivity contribution in [1.29, 1.82) is 0 Å². The molecule has 1 saturated heterocycles. The first-order valence-corrected chi connectivity index (χ1v) is 7.02. The summed E-state index contributed by atoms with van der Waals surface area (Å²) in [6, 6.07) is 7.79. The molecule has 1 atom stereocenters. The van der Waals surface area contributed by atoms with Crippen LogP contribution >= 0.6 is 0 Å². The standard InChI is InChI=1S/C15H17N3O3/c1-10-5-2-3-6-11(10)15-18-17-13(21-15)9-16-14(19)12-7-4-8-20-12/h2-3,5-6,12H,4,7-9H2,1H3,(H,16,19). The molecule has 2 aromatic rings. The number of carbonyl (C=O) groups excluding carboxylic acids is 1. The minimum absolute atomic E-state index is 0.122. The van der Waals surface area contributed by atoms with E-state index in [1.807, 2.05) is 31.2 Å². The fraction of sp³-hybridized carbons (Fsp3) is 0.400. The number of nitrogens with one attached hydrogen (secondary N) is 1. The van der Waals surface area contributed by atoms with Crippen LogP contribution in [0.3, 0.4) is 0 Å². The fourth-order valence-electron chi connectivity index (χ4n) is 2.31. The van der Waals surface area contributed by atoms with Gasteiger partial charge in [-0.2, -0.15) is 0 Å². The van der Waals surface area contributed by atoms with Crippen LogP contribution in [0, 0.1) is 6.92 Å². The first kappa shape index (κ1) is 13.8. The molecule has 110 valence electrons. The summed E-state index contributed by atoms with van der Waals surface area (Å²) < 4.78 is 10.9. The number of aromatic nitrogens is 2. The van der Waals surface area contributed by atoms with Crippen LogP contribution < -0.4 is 5.32 Å². The molecular weight excluding hydrogens is 270 g/mol. The van der Waals surface area contributed by atoms with Crippen molar-refractivity contribution in [1.82, 2.24) is 15.5 Å². The minimum Gasteiger partial charge on any atom is -0.419 e. The summed E-state index contributed by atoms with van der Waals surface area (Å²) >= 11 is 0. The van der Waals surface area contributed by atoms with Gasteiger partial charge in [0.15, 0.2) is 0 Å². The third-order valence-electron chi connectivity index (χ3n) is 3.48. The van der Waals surface area contributed by atoms with E-state index in [0.717, 1.165) is 24.0 Å². The highest BCUT2D eigenvalue weighted by molar-refractivity contribution is 5.80. The Morgan fingerprint density at radius 1 is 1.38 bits per heavy atom. The second kappa shape index (κ2) is 6.05. The molecule has 6 heteroatoms. The van der Waals surface area contributed by atoms with E-state index < -0.39 is 0 Å². The zero-order valence-electron chi connectivity index (χ0n) is 11.8. The Kier molecular flexibility index (Phi) is 3.96. The van der Waals surface area contributed by atoms with Crippen molar-refractivity contribution < 1.29 is 13.9 Å². The van der Waals surface area contributed by atoms with Crippen molar-refractivity contribution in [2.45, 2.75) is 32.4 Å². The molecule has 0 saturated carbocycles. The number of rotatable bonds is 4. The quantitative estimate of drug-likeness (QED) is 0.928. The largest absolute Gasteiger partial charge is 0.419 e. The summed E-state index contributed by atoms with van der Waals surface area (Å²) in [5, 5.41) is 10.7. The topological polar surface area (TPSA) is 77.2 Å². The number of carbonyl (C=O) groups is 1. The Bertz CT molecular complexity index is 633. The third-order valence-corrected chi connectivity index (χ3v) is 3.48. The Morgan fingerprint density at radius 3 is 3.00 bits per heavy atom. The van der Waals surface area contributed by atoms with Crippen LogP contribution in [-0.2, 0) is 16.1 Å². The number of hydrogen-bond acceptors (Lipinski definition) is 5. The monoisotopic (exact) mass is 287 g/mol. The van der Waals surface area contributed by atoms with Crippen LogP contribution in [0.25, 0.3) is 11.5 Å². The minimum atomic E-state index is -0.344. The normalized spacial score (nSPS) is 17.9. The van der Waals surface area contributed by atoms with Crippen LogP contribution in [-0.4, -0.2) is 28.8 Å². The second-order valence-electron chi connectivity index (χ2n) is 5.04. The molecule has 1 aliphatic rings. The van der Waals surface area contributed by atoms with Gasteiger partial charge in [-0.15, -0.1) is 10.2 Å². The summed E-state index contributed by atoms with van der Waals surface area (Å²) in [5.74, 6) is 0.734. The van der Waals surface area contributed by atoms with E-state index in [1.54, 1.807) is 0 Å². The lowest BCUT2D eigenvalue weighted by atomic mass is 10.1.